The molecule has 0 saturated carbocycles. The molecule has 1 aliphatic heterocycles. The maximum Gasteiger partial charge on any atom is 0.0840 e. The molecular weight excluding hydrogens is 246 g/mol. The lowest BCUT2D eigenvalue weighted by atomic mass is 9.91. The SMILES string of the molecule is CC(C)(O)c1ccc(C2CCc3ccccc3N2)cc1. The Bertz CT molecular complexity index is 596. The van der Waals surface area contributed by atoms with Crippen LogP contribution in [0.4, 0.5) is 5.69 Å². The first-order valence-electron chi connectivity index (χ1n) is 7.21. The van der Waals surface area contributed by atoms with Gasteiger partial charge in [-0.1, -0.05) is 42.5 Å². The number of benzene rings is 2. The number of hydrogen-bond donors (Lipinski definition) is 2. The predicted octanol–water partition coefficient (Wildman–Crippen LogP) is 4.01. The Labute approximate surface area is 120 Å². The minimum atomic E-state index is -0.773. The van der Waals surface area contributed by atoms with Crippen molar-refractivity contribution in [2.75, 3.05) is 5.32 Å². The molecule has 0 fully saturated rings. The van der Waals surface area contributed by atoms with Crippen molar-refractivity contribution < 1.29 is 5.11 Å². The van der Waals surface area contributed by atoms with Crippen LogP contribution in [0.1, 0.15) is 43.0 Å². The van der Waals surface area contributed by atoms with E-state index in [1.165, 1.54) is 16.8 Å². The van der Waals surface area contributed by atoms with Crippen LogP contribution < -0.4 is 5.32 Å². The van der Waals surface area contributed by atoms with Gasteiger partial charge in [-0.15, -0.1) is 0 Å². The molecule has 0 saturated heterocycles. The van der Waals surface area contributed by atoms with Gasteiger partial charge < -0.3 is 10.4 Å². The molecule has 2 nitrogen and oxygen atoms in total. The van der Waals surface area contributed by atoms with Crippen LogP contribution in [0.2, 0.25) is 0 Å². The highest BCUT2D eigenvalue weighted by Gasteiger charge is 2.20. The molecule has 0 amide bonds. The van der Waals surface area contributed by atoms with E-state index < -0.39 is 5.60 Å². The van der Waals surface area contributed by atoms with Gasteiger partial charge in [0.2, 0.25) is 0 Å². The summed E-state index contributed by atoms with van der Waals surface area (Å²) in [6.45, 7) is 3.63. The van der Waals surface area contributed by atoms with Crippen LogP contribution in [-0.2, 0) is 12.0 Å². The summed E-state index contributed by atoms with van der Waals surface area (Å²) in [7, 11) is 0. The highest BCUT2D eigenvalue weighted by Crippen LogP contribution is 2.33. The largest absolute Gasteiger partial charge is 0.386 e. The second kappa shape index (κ2) is 4.95. The maximum absolute atomic E-state index is 10.0. The molecule has 2 heteroatoms. The third kappa shape index (κ3) is 2.56. The Balaban J connectivity index is 1.81. The van der Waals surface area contributed by atoms with Gasteiger partial charge in [-0.05, 0) is 49.4 Å². The van der Waals surface area contributed by atoms with Gasteiger partial charge >= 0.3 is 0 Å². The zero-order chi connectivity index (χ0) is 14.2. The van der Waals surface area contributed by atoms with Gasteiger partial charge in [-0.25, -0.2) is 0 Å². The lowest BCUT2D eigenvalue weighted by Crippen LogP contribution is -2.19. The van der Waals surface area contributed by atoms with Crippen LogP contribution in [0.15, 0.2) is 48.5 Å². The number of rotatable bonds is 2. The molecule has 104 valence electrons. The summed E-state index contributed by atoms with van der Waals surface area (Å²) in [6.07, 6.45) is 2.22. The summed E-state index contributed by atoms with van der Waals surface area (Å²) in [5.74, 6) is 0. The molecule has 1 heterocycles. The molecule has 0 aromatic heterocycles. The molecule has 0 bridgehead atoms. The van der Waals surface area contributed by atoms with Gasteiger partial charge in [-0.2, -0.15) is 0 Å². The molecule has 0 spiro atoms. The molecule has 0 aliphatic carbocycles. The zero-order valence-electron chi connectivity index (χ0n) is 12.1. The molecule has 1 atom stereocenters. The lowest BCUT2D eigenvalue weighted by Gasteiger charge is -2.28. The minimum absolute atomic E-state index is 0.362. The second-order valence-corrected chi connectivity index (χ2v) is 6.07. The number of anilines is 1. The van der Waals surface area contributed by atoms with Gasteiger partial charge in [0.15, 0.2) is 0 Å². The van der Waals surface area contributed by atoms with E-state index >= 15 is 0 Å². The normalized spacial score (nSPS) is 18.2. The van der Waals surface area contributed by atoms with Crippen molar-refractivity contribution in [1.82, 2.24) is 0 Å². The molecule has 2 N–H and O–H groups in total. The number of aryl methyl sites for hydroxylation is 1. The van der Waals surface area contributed by atoms with Crippen molar-refractivity contribution in [3.05, 3.63) is 65.2 Å². The van der Waals surface area contributed by atoms with Crippen LogP contribution in [0, 0.1) is 0 Å². The van der Waals surface area contributed by atoms with Crippen LogP contribution in [0.25, 0.3) is 0 Å². The summed E-state index contributed by atoms with van der Waals surface area (Å²) in [4.78, 5) is 0. The fourth-order valence-electron chi connectivity index (χ4n) is 2.81. The van der Waals surface area contributed by atoms with Crippen molar-refractivity contribution in [1.29, 1.82) is 0 Å². The quantitative estimate of drug-likeness (QED) is 0.861. The second-order valence-electron chi connectivity index (χ2n) is 6.07. The summed E-state index contributed by atoms with van der Waals surface area (Å²) >= 11 is 0. The minimum Gasteiger partial charge on any atom is -0.386 e. The third-order valence-electron chi connectivity index (χ3n) is 4.07. The summed E-state index contributed by atoms with van der Waals surface area (Å²) in [5.41, 5.74) is 4.11. The van der Waals surface area contributed by atoms with E-state index in [2.05, 4.69) is 41.7 Å². The summed E-state index contributed by atoms with van der Waals surface area (Å²) in [5, 5.41) is 13.6. The van der Waals surface area contributed by atoms with E-state index in [1.54, 1.807) is 0 Å². The fraction of sp³-hybridized carbons (Fsp3) is 0.333. The Kier molecular flexibility index (Phi) is 3.27. The Hall–Kier alpha value is -1.80. The third-order valence-corrected chi connectivity index (χ3v) is 4.07. The summed E-state index contributed by atoms with van der Waals surface area (Å²) < 4.78 is 0. The highest BCUT2D eigenvalue weighted by atomic mass is 16.3. The Morgan fingerprint density at radius 3 is 2.45 bits per heavy atom. The molecule has 2 aromatic carbocycles. The molecule has 1 unspecified atom stereocenters. The molecule has 20 heavy (non-hydrogen) atoms. The standard InChI is InChI=1S/C18H21NO/c1-18(2,20)15-10-7-14(8-11-15)17-12-9-13-5-3-4-6-16(13)19-17/h3-8,10-11,17,19-20H,9,12H2,1-2H3. The van der Waals surface area contributed by atoms with Crippen molar-refractivity contribution >= 4 is 5.69 Å². The maximum atomic E-state index is 10.0. The van der Waals surface area contributed by atoms with E-state index in [1.807, 2.05) is 26.0 Å². The van der Waals surface area contributed by atoms with E-state index in [-0.39, 0.29) is 0 Å². The van der Waals surface area contributed by atoms with Gasteiger partial charge in [0.25, 0.3) is 0 Å². The number of nitrogens with one attached hydrogen (secondary N) is 1. The van der Waals surface area contributed by atoms with Crippen LogP contribution in [0.5, 0.6) is 0 Å². The smallest absolute Gasteiger partial charge is 0.0840 e. The molecule has 0 radical (unpaired) electrons. The number of fused-ring (bicyclic) bond motifs is 1. The van der Waals surface area contributed by atoms with Crippen LogP contribution >= 0.6 is 0 Å². The molecule has 2 aromatic rings. The van der Waals surface area contributed by atoms with Crippen molar-refractivity contribution in [2.24, 2.45) is 0 Å². The summed E-state index contributed by atoms with van der Waals surface area (Å²) in [6, 6.07) is 17.2. The first kappa shape index (κ1) is 13.2. The van der Waals surface area contributed by atoms with Crippen LogP contribution in [0.3, 0.4) is 0 Å². The average Bonchev–Trinajstić information content (AvgIpc) is 2.46. The van der Waals surface area contributed by atoms with Crippen molar-refractivity contribution in [2.45, 2.75) is 38.3 Å². The van der Waals surface area contributed by atoms with Crippen LogP contribution in [-0.4, -0.2) is 5.11 Å². The highest BCUT2D eigenvalue weighted by molar-refractivity contribution is 5.55. The molecule has 1 aliphatic rings. The predicted molar refractivity (Wildman–Crippen MR) is 82.8 cm³/mol. The van der Waals surface area contributed by atoms with E-state index in [4.69, 9.17) is 0 Å². The van der Waals surface area contributed by atoms with Crippen molar-refractivity contribution in [3.63, 3.8) is 0 Å². The van der Waals surface area contributed by atoms with Gasteiger partial charge in [0.1, 0.15) is 0 Å². The van der Waals surface area contributed by atoms with Crippen molar-refractivity contribution in [3.8, 4) is 0 Å². The van der Waals surface area contributed by atoms with E-state index in [0.717, 1.165) is 18.4 Å². The Morgan fingerprint density at radius 1 is 1.05 bits per heavy atom. The number of para-hydroxylation sites is 1. The lowest BCUT2D eigenvalue weighted by molar-refractivity contribution is 0.0786. The average molecular weight is 267 g/mol. The number of hydrogen-bond acceptors (Lipinski definition) is 2. The van der Waals surface area contributed by atoms with Gasteiger partial charge in [0, 0.05) is 5.69 Å². The number of aliphatic hydroxyl groups is 1. The Morgan fingerprint density at radius 2 is 1.75 bits per heavy atom. The van der Waals surface area contributed by atoms with E-state index in [0.29, 0.717) is 6.04 Å². The van der Waals surface area contributed by atoms with Gasteiger partial charge in [0.05, 0.1) is 11.6 Å². The van der Waals surface area contributed by atoms with Gasteiger partial charge in [-0.3, -0.25) is 0 Å². The monoisotopic (exact) mass is 267 g/mol. The first-order chi connectivity index (χ1) is 9.54. The zero-order valence-corrected chi connectivity index (χ0v) is 12.1. The topological polar surface area (TPSA) is 32.3 Å². The van der Waals surface area contributed by atoms with E-state index in [9.17, 15) is 5.11 Å². The molecular formula is C18H21NO. The molecule has 3 rings (SSSR count). The first-order valence-corrected chi connectivity index (χ1v) is 7.21. The fourth-order valence-corrected chi connectivity index (χ4v) is 2.81.